The summed E-state index contributed by atoms with van der Waals surface area (Å²) in [6.07, 6.45) is 3.29. The number of benzene rings is 2. The van der Waals surface area contributed by atoms with Crippen LogP contribution in [-0.4, -0.2) is 19.7 Å². The minimum Gasteiger partial charge on any atom is -0.290 e. The van der Waals surface area contributed by atoms with E-state index in [0.29, 0.717) is 10.4 Å². The number of nitrogens with zero attached hydrogens (tertiary/aromatic N) is 3. The van der Waals surface area contributed by atoms with Crippen LogP contribution >= 0.6 is 11.6 Å². The monoisotopic (exact) mass is 346 g/mol. The van der Waals surface area contributed by atoms with Crippen molar-refractivity contribution >= 4 is 44.3 Å². The van der Waals surface area contributed by atoms with Crippen LogP contribution in [0.2, 0.25) is 5.02 Å². The summed E-state index contributed by atoms with van der Waals surface area (Å²) >= 11 is 6.05. The molecule has 0 fully saturated rings. The fourth-order valence-corrected chi connectivity index (χ4v) is 3.34. The number of halogens is 1. The molecule has 0 bridgehead atoms. The highest BCUT2D eigenvalue weighted by atomic mass is 35.5. The van der Waals surface area contributed by atoms with Gasteiger partial charge in [0.1, 0.15) is 0 Å². The molecule has 0 saturated carbocycles. The standard InChI is InChI=1S/C19H11ClN4O/c20-11-5-6-12-16(9-11)21-8-7-17(12)24-19(25)14-10-22-15-4-2-1-3-13(15)18(14)23-24/h1-10,23H. The van der Waals surface area contributed by atoms with Crippen molar-refractivity contribution in [2.24, 2.45) is 0 Å². The second-order valence-electron chi connectivity index (χ2n) is 5.81. The number of hydrogen-bond acceptors (Lipinski definition) is 3. The summed E-state index contributed by atoms with van der Waals surface area (Å²) in [6, 6.07) is 15.0. The van der Waals surface area contributed by atoms with Gasteiger partial charge < -0.3 is 0 Å². The van der Waals surface area contributed by atoms with Crippen LogP contribution < -0.4 is 5.56 Å². The van der Waals surface area contributed by atoms with Crippen LogP contribution in [0.4, 0.5) is 0 Å². The van der Waals surface area contributed by atoms with Crippen LogP contribution in [0, 0.1) is 0 Å². The van der Waals surface area contributed by atoms with Crippen molar-refractivity contribution in [2.75, 3.05) is 0 Å². The molecule has 25 heavy (non-hydrogen) atoms. The third-order valence-electron chi connectivity index (χ3n) is 4.36. The lowest BCUT2D eigenvalue weighted by Crippen LogP contribution is -2.14. The van der Waals surface area contributed by atoms with Gasteiger partial charge in [-0.15, -0.1) is 0 Å². The fraction of sp³-hybridized carbons (Fsp3) is 0. The maximum Gasteiger partial charge on any atom is 0.280 e. The van der Waals surface area contributed by atoms with Crippen LogP contribution in [0.25, 0.3) is 38.4 Å². The van der Waals surface area contributed by atoms with Crippen molar-refractivity contribution < 1.29 is 0 Å². The molecule has 0 atom stereocenters. The number of fused-ring (bicyclic) bond motifs is 4. The Morgan fingerprint density at radius 3 is 2.72 bits per heavy atom. The van der Waals surface area contributed by atoms with Gasteiger partial charge in [0.05, 0.1) is 27.6 Å². The highest BCUT2D eigenvalue weighted by molar-refractivity contribution is 6.31. The van der Waals surface area contributed by atoms with E-state index in [4.69, 9.17) is 11.6 Å². The van der Waals surface area contributed by atoms with Crippen LogP contribution in [0.5, 0.6) is 0 Å². The fourth-order valence-electron chi connectivity index (χ4n) is 3.18. The van der Waals surface area contributed by atoms with E-state index in [-0.39, 0.29) is 5.56 Å². The van der Waals surface area contributed by atoms with Crippen molar-refractivity contribution in [3.8, 4) is 5.69 Å². The molecule has 3 aromatic heterocycles. The molecule has 5 nitrogen and oxygen atoms in total. The maximum atomic E-state index is 12.9. The molecule has 0 spiro atoms. The zero-order valence-electron chi connectivity index (χ0n) is 12.9. The number of H-pyrrole nitrogens is 1. The lowest BCUT2D eigenvalue weighted by molar-refractivity contribution is 0.870. The first-order chi connectivity index (χ1) is 12.2. The zero-order valence-corrected chi connectivity index (χ0v) is 13.7. The Hall–Kier alpha value is -3.18. The first kappa shape index (κ1) is 14.2. The quantitative estimate of drug-likeness (QED) is 0.497. The largest absolute Gasteiger partial charge is 0.290 e. The molecule has 0 saturated heterocycles. The molecule has 0 unspecified atom stereocenters. The van der Waals surface area contributed by atoms with Crippen LogP contribution in [0.3, 0.4) is 0 Å². The van der Waals surface area contributed by atoms with E-state index in [9.17, 15) is 4.79 Å². The number of nitrogens with one attached hydrogen (secondary N) is 1. The Morgan fingerprint density at radius 1 is 0.920 bits per heavy atom. The number of rotatable bonds is 1. The van der Waals surface area contributed by atoms with Gasteiger partial charge in [-0.05, 0) is 30.3 Å². The molecule has 120 valence electrons. The zero-order chi connectivity index (χ0) is 17.0. The minimum absolute atomic E-state index is 0.143. The Bertz CT molecular complexity index is 1340. The Kier molecular flexibility index (Phi) is 2.93. The second kappa shape index (κ2) is 5.16. The SMILES string of the molecule is O=c1c2cnc3ccccc3c2[nH]n1-c1ccnc2cc(Cl)ccc12. The van der Waals surface area contributed by atoms with Gasteiger partial charge in [-0.3, -0.25) is 19.9 Å². The molecule has 0 aliphatic rings. The van der Waals surface area contributed by atoms with Gasteiger partial charge in [0.2, 0.25) is 0 Å². The second-order valence-corrected chi connectivity index (χ2v) is 6.24. The van der Waals surface area contributed by atoms with Crippen LogP contribution in [0.15, 0.2) is 65.7 Å². The van der Waals surface area contributed by atoms with Gasteiger partial charge in [0, 0.05) is 28.2 Å². The minimum atomic E-state index is -0.143. The summed E-state index contributed by atoms with van der Waals surface area (Å²) in [4.78, 5) is 21.7. The van der Waals surface area contributed by atoms with Crippen molar-refractivity contribution in [1.29, 1.82) is 0 Å². The summed E-state index contributed by atoms with van der Waals surface area (Å²) in [5.41, 5.74) is 2.94. The normalized spacial score (nSPS) is 11.6. The van der Waals surface area contributed by atoms with Gasteiger partial charge in [-0.2, -0.15) is 0 Å². The molecule has 5 rings (SSSR count). The summed E-state index contributed by atoms with van der Waals surface area (Å²) in [6.45, 7) is 0. The van der Waals surface area contributed by atoms with Gasteiger partial charge >= 0.3 is 0 Å². The molecule has 5 aromatic rings. The number of pyridine rings is 2. The van der Waals surface area contributed by atoms with Gasteiger partial charge in [-0.1, -0.05) is 29.8 Å². The topological polar surface area (TPSA) is 63.6 Å². The summed E-state index contributed by atoms with van der Waals surface area (Å²) in [7, 11) is 0. The van der Waals surface area contributed by atoms with Crippen molar-refractivity contribution in [3.63, 3.8) is 0 Å². The van der Waals surface area contributed by atoms with Crippen LogP contribution in [-0.2, 0) is 0 Å². The molecular weight excluding hydrogens is 336 g/mol. The van der Waals surface area contributed by atoms with Gasteiger partial charge in [0.15, 0.2) is 0 Å². The molecule has 3 heterocycles. The predicted octanol–water partition coefficient (Wildman–Crippen LogP) is 4.07. The molecule has 2 aromatic carbocycles. The summed E-state index contributed by atoms with van der Waals surface area (Å²) in [5.74, 6) is 0. The van der Waals surface area contributed by atoms with Crippen molar-refractivity contribution in [1.82, 2.24) is 19.7 Å². The Balaban J connectivity index is 1.89. The number of hydrogen-bond donors (Lipinski definition) is 1. The van der Waals surface area contributed by atoms with E-state index >= 15 is 0 Å². The predicted molar refractivity (Wildman–Crippen MR) is 99.5 cm³/mol. The number of aromatic amines is 1. The van der Waals surface area contributed by atoms with E-state index in [1.165, 1.54) is 4.68 Å². The first-order valence-electron chi connectivity index (χ1n) is 7.75. The van der Waals surface area contributed by atoms with Crippen molar-refractivity contribution in [3.05, 3.63) is 76.3 Å². The van der Waals surface area contributed by atoms with Gasteiger partial charge in [-0.25, -0.2) is 4.68 Å². The highest BCUT2D eigenvalue weighted by Crippen LogP contribution is 2.25. The molecule has 6 heteroatoms. The average Bonchev–Trinajstić information content (AvgIpc) is 2.98. The maximum absolute atomic E-state index is 12.9. The molecule has 0 radical (unpaired) electrons. The van der Waals surface area contributed by atoms with Crippen LogP contribution in [0.1, 0.15) is 0 Å². The van der Waals surface area contributed by atoms with Gasteiger partial charge in [0.25, 0.3) is 5.56 Å². The summed E-state index contributed by atoms with van der Waals surface area (Å²) in [5, 5.41) is 6.15. The first-order valence-corrected chi connectivity index (χ1v) is 8.13. The molecule has 0 amide bonds. The van der Waals surface area contributed by atoms with Crippen molar-refractivity contribution in [2.45, 2.75) is 0 Å². The smallest absolute Gasteiger partial charge is 0.280 e. The average molecular weight is 347 g/mol. The Morgan fingerprint density at radius 2 is 1.80 bits per heavy atom. The van der Waals surface area contributed by atoms with E-state index in [1.54, 1.807) is 24.5 Å². The van der Waals surface area contributed by atoms with E-state index in [1.807, 2.05) is 36.4 Å². The molecule has 1 N–H and O–H groups in total. The highest BCUT2D eigenvalue weighted by Gasteiger charge is 2.13. The summed E-state index contributed by atoms with van der Waals surface area (Å²) < 4.78 is 1.54. The lowest BCUT2D eigenvalue weighted by atomic mass is 10.2. The third kappa shape index (κ3) is 2.06. The molecule has 0 aliphatic heterocycles. The number of aromatic nitrogens is 4. The van der Waals surface area contributed by atoms with E-state index in [0.717, 1.165) is 33.0 Å². The van der Waals surface area contributed by atoms with E-state index < -0.39 is 0 Å². The molecular formula is C19H11ClN4O. The third-order valence-corrected chi connectivity index (χ3v) is 4.59. The lowest BCUT2D eigenvalue weighted by Gasteiger charge is -2.06. The Labute approximate surface area is 146 Å². The molecule has 0 aliphatic carbocycles. The number of para-hydroxylation sites is 1. The van der Waals surface area contributed by atoms with E-state index in [2.05, 4.69) is 15.1 Å².